The van der Waals surface area contributed by atoms with E-state index in [0.717, 1.165) is 61.1 Å². The number of pyridine rings is 1. The number of benzene rings is 7. The lowest BCUT2D eigenvalue weighted by Gasteiger charge is -2.11. The molecular weight excluding hydrogens is 685 g/mol. The van der Waals surface area contributed by atoms with Crippen LogP contribution in [0.4, 0.5) is 0 Å². The van der Waals surface area contributed by atoms with E-state index in [2.05, 4.69) is 130 Å². The van der Waals surface area contributed by atoms with E-state index in [1.54, 1.807) is 0 Å². The molecule has 11 aromatic rings. The molecule has 7 aromatic carbocycles. The van der Waals surface area contributed by atoms with Gasteiger partial charge >= 0.3 is 0 Å². The van der Waals surface area contributed by atoms with E-state index in [0.29, 0.717) is 17.5 Å². The third-order valence-corrected chi connectivity index (χ3v) is 10.6. The minimum Gasteiger partial charge on any atom is -0.309 e. The Bertz CT molecular complexity index is 3160. The Morgan fingerprint density at radius 2 is 0.750 bits per heavy atom. The maximum atomic E-state index is 4.95. The first-order valence-corrected chi connectivity index (χ1v) is 18.7. The molecule has 4 heterocycles. The SMILES string of the molecule is c1ccc(-c2nc(-c3ccccc3)nc(-c3ccc(-n4c5cc(-c6ccc7c8ccccc8n(-c8ccccc8)c7c6)ccc5c5cccnc54)cc3)n2)cc1. The molecule has 6 nitrogen and oxygen atoms in total. The number of nitrogens with zero attached hydrogens (tertiary/aromatic N) is 6. The van der Waals surface area contributed by atoms with Gasteiger partial charge in [0.1, 0.15) is 5.65 Å². The van der Waals surface area contributed by atoms with Crippen LogP contribution in [0.2, 0.25) is 0 Å². The van der Waals surface area contributed by atoms with Gasteiger partial charge in [-0.05, 0) is 77.9 Å². The first kappa shape index (κ1) is 31.8. The predicted molar refractivity (Wildman–Crippen MR) is 228 cm³/mol. The summed E-state index contributed by atoms with van der Waals surface area (Å²) in [5, 5.41) is 4.73. The number of aromatic nitrogens is 6. The van der Waals surface area contributed by atoms with Gasteiger partial charge in [0.15, 0.2) is 17.5 Å². The fourth-order valence-electron chi connectivity index (χ4n) is 7.99. The van der Waals surface area contributed by atoms with E-state index in [4.69, 9.17) is 19.9 Å². The molecule has 0 N–H and O–H groups in total. The summed E-state index contributed by atoms with van der Waals surface area (Å²) in [6.45, 7) is 0. The van der Waals surface area contributed by atoms with E-state index >= 15 is 0 Å². The Balaban J connectivity index is 1.04. The van der Waals surface area contributed by atoms with Gasteiger partial charge in [-0.2, -0.15) is 0 Å². The summed E-state index contributed by atoms with van der Waals surface area (Å²) in [5.74, 6) is 1.90. The first-order valence-electron chi connectivity index (χ1n) is 18.7. The van der Waals surface area contributed by atoms with E-state index < -0.39 is 0 Å². The fourth-order valence-corrected chi connectivity index (χ4v) is 7.99. The molecule has 0 atom stereocenters. The Hall–Kier alpha value is -7.70. The lowest BCUT2D eigenvalue weighted by atomic mass is 10.0. The zero-order valence-electron chi connectivity index (χ0n) is 30.2. The van der Waals surface area contributed by atoms with Crippen LogP contribution in [0.5, 0.6) is 0 Å². The molecule has 0 amide bonds. The number of hydrogen-bond acceptors (Lipinski definition) is 4. The second-order valence-corrected chi connectivity index (χ2v) is 13.9. The van der Waals surface area contributed by atoms with Crippen LogP contribution in [0.15, 0.2) is 194 Å². The smallest absolute Gasteiger partial charge is 0.164 e. The molecule has 11 rings (SSSR count). The van der Waals surface area contributed by atoms with Gasteiger partial charge in [0.25, 0.3) is 0 Å². The summed E-state index contributed by atoms with van der Waals surface area (Å²) >= 11 is 0. The van der Waals surface area contributed by atoms with Crippen molar-refractivity contribution >= 4 is 43.7 Å². The van der Waals surface area contributed by atoms with Gasteiger partial charge in [-0.25, -0.2) is 19.9 Å². The van der Waals surface area contributed by atoms with Gasteiger partial charge < -0.3 is 4.57 Å². The Morgan fingerprint density at radius 1 is 0.304 bits per heavy atom. The first-order chi connectivity index (χ1) is 27.8. The zero-order valence-corrected chi connectivity index (χ0v) is 30.2. The Labute approximate surface area is 322 Å². The van der Waals surface area contributed by atoms with Gasteiger partial charge in [0.05, 0.1) is 16.6 Å². The molecule has 0 radical (unpaired) electrons. The summed E-state index contributed by atoms with van der Waals surface area (Å²) < 4.78 is 4.63. The summed E-state index contributed by atoms with van der Waals surface area (Å²) in [5.41, 5.74) is 11.6. The molecular formula is C50H32N6. The van der Waals surface area contributed by atoms with Crippen LogP contribution < -0.4 is 0 Å². The maximum absolute atomic E-state index is 4.95. The van der Waals surface area contributed by atoms with Crippen molar-refractivity contribution < 1.29 is 0 Å². The van der Waals surface area contributed by atoms with Crippen LogP contribution >= 0.6 is 0 Å². The molecule has 4 aromatic heterocycles. The molecule has 0 saturated heterocycles. The van der Waals surface area contributed by atoms with E-state index in [1.807, 2.05) is 72.9 Å². The molecule has 0 aliphatic heterocycles. The van der Waals surface area contributed by atoms with Crippen LogP contribution in [-0.2, 0) is 0 Å². The van der Waals surface area contributed by atoms with Crippen molar-refractivity contribution in [1.29, 1.82) is 0 Å². The van der Waals surface area contributed by atoms with Crippen LogP contribution in [-0.4, -0.2) is 29.1 Å². The topological polar surface area (TPSA) is 61.4 Å². The number of para-hydroxylation sites is 2. The van der Waals surface area contributed by atoms with Crippen LogP contribution in [0.1, 0.15) is 0 Å². The van der Waals surface area contributed by atoms with Crippen molar-refractivity contribution in [1.82, 2.24) is 29.1 Å². The molecule has 6 heteroatoms. The van der Waals surface area contributed by atoms with Crippen molar-refractivity contribution in [3.63, 3.8) is 0 Å². The standard InChI is InChI=1S/C50H32N6/c1-4-13-33(14-5-1)47-52-48(34-15-6-2-7-16-34)54-49(53-47)35-22-26-39(27-23-35)56-46-32-37(25-29-42(46)43-20-12-30-51-50(43)56)36-24-28-41-40-19-10-11-21-44(40)55(45(41)31-36)38-17-8-3-9-18-38/h1-32H. The monoisotopic (exact) mass is 716 g/mol. The van der Waals surface area contributed by atoms with Gasteiger partial charge in [-0.1, -0.05) is 121 Å². The van der Waals surface area contributed by atoms with Gasteiger partial charge in [-0.15, -0.1) is 0 Å². The van der Waals surface area contributed by atoms with E-state index in [9.17, 15) is 0 Å². The summed E-state index contributed by atoms with van der Waals surface area (Å²) in [4.78, 5) is 19.7. The Morgan fingerprint density at radius 3 is 1.38 bits per heavy atom. The van der Waals surface area contributed by atoms with Crippen molar-refractivity contribution in [2.24, 2.45) is 0 Å². The van der Waals surface area contributed by atoms with Crippen molar-refractivity contribution in [3.05, 3.63) is 194 Å². The molecule has 0 aliphatic rings. The van der Waals surface area contributed by atoms with E-state index in [1.165, 1.54) is 21.8 Å². The van der Waals surface area contributed by atoms with Crippen LogP contribution in [0.25, 0.3) is 100 Å². The quantitative estimate of drug-likeness (QED) is 0.172. The number of hydrogen-bond donors (Lipinski definition) is 0. The van der Waals surface area contributed by atoms with Crippen molar-refractivity contribution in [3.8, 4) is 56.7 Å². The minimum absolute atomic E-state index is 0.621. The highest BCUT2D eigenvalue weighted by Crippen LogP contribution is 2.38. The normalized spacial score (nSPS) is 11.6. The lowest BCUT2D eigenvalue weighted by molar-refractivity contribution is 1.07. The van der Waals surface area contributed by atoms with Crippen molar-refractivity contribution in [2.75, 3.05) is 0 Å². The fraction of sp³-hybridized carbons (Fsp3) is 0. The average Bonchev–Trinajstić information content (AvgIpc) is 3.79. The molecule has 0 bridgehead atoms. The molecule has 0 saturated carbocycles. The molecule has 262 valence electrons. The highest BCUT2D eigenvalue weighted by molar-refractivity contribution is 6.11. The molecule has 0 spiro atoms. The number of fused-ring (bicyclic) bond motifs is 6. The third-order valence-electron chi connectivity index (χ3n) is 10.6. The number of rotatable bonds is 6. The molecule has 56 heavy (non-hydrogen) atoms. The van der Waals surface area contributed by atoms with Crippen molar-refractivity contribution in [2.45, 2.75) is 0 Å². The highest BCUT2D eigenvalue weighted by Gasteiger charge is 2.18. The minimum atomic E-state index is 0.621. The molecule has 0 fully saturated rings. The second kappa shape index (κ2) is 13.0. The molecule has 0 unspecified atom stereocenters. The summed E-state index contributed by atoms with van der Waals surface area (Å²) in [7, 11) is 0. The van der Waals surface area contributed by atoms with Crippen LogP contribution in [0.3, 0.4) is 0 Å². The lowest BCUT2D eigenvalue weighted by Crippen LogP contribution is -2.00. The van der Waals surface area contributed by atoms with E-state index in [-0.39, 0.29) is 0 Å². The maximum Gasteiger partial charge on any atom is 0.164 e. The van der Waals surface area contributed by atoms with Gasteiger partial charge in [0, 0.05) is 55.8 Å². The summed E-state index contributed by atoms with van der Waals surface area (Å²) in [6.07, 6.45) is 1.87. The highest BCUT2D eigenvalue weighted by atomic mass is 15.1. The Kier molecular flexibility index (Phi) is 7.38. The van der Waals surface area contributed by atoms with Gasteiger partial charge in [-0.3, -0.25) is 4.57 Å². The van der Waals surface area contributed by atoms with Gasteiger partial charge in [0.2, 0.25) is 0 Å². The third kappa shape index (κ3) is 5.27. The second-order valence-electron chi connectivity index (χ2n) is 13.9. The molecule has 0 aliphatic carbocycles. The zero-order chi connectivity index (χ0) is 37.0. The predicted octanol–water partition coefficient (Wildman–Crippen LogP) is 12.1. The van der Waals surface area contributed by atoms with Crippen LogP contribution in [0, 0.1) is 0 Å². The average molecular weight is 717 g/mol. The largest absolute Gasteiger partial charge is 0.309 e. The summed E-state index contributed by atoms with van der Waals surface area (Å²) in [6, 6.07) is 65.6.